The second-order valence-electron chi connectivity index (χ2n) is 4.11. The van der Waals surface area contributed by atoms with E-state index in [1.165, 1.54) is 19.2 Å². The van der Waals surface area contributed by atoms with Crippen LogP contribution in [0.3, 0.4) is 0 Å². The Labute approximate surface area is 115 Å². The second kappa shape index (κ2) is 6.33. The average Bonchev–Trinajstić information content (AvgIpc) is 2.38. The lowest BCUT2D eigenvalue weighted by Crippen LogP contribution is -2.36. The van der Waals surface area contributed by atoms with E-state index in [1.807, 2.05) is 4.72 Å². The normalized spacial score (nSPS) is 13.5. The Bertz CT molecular complexity index is 578. The number of nitrogens with two attached hydrogens (primary N) is 1. The van der Waals surface area contributed by atoms with Crippen molar-refractivity contribution in [3.05, 3.63) is 17.7 Å². The molecular formula is C11H16F2N2O4S. The van der Waals surface area contributed by atoms with Gasteiger partial charge in [-0.3, -0.25) is 0 Å². The summed E-state index contributed by atoms with van der Waals surface area (Å²) in [7, 11) is -2.84. The van der Waals surface area contributed by atoms with E-state index in [9.17, 15) is 17.2 Å². The van der Waals surface area contributed by atoms with Crippen LogP contribution in [0.2, 0.25) is 0 Å². The molecule has 1 aromatic carbocycles. The molecule has 1 unspecified atom stereocenters. The van der Waals surface area contributed by atoms with Gasteiger partial charge in [-0.1, -0.05) is 0 Å². The summed E-state index contributed by atoms with van der Waals surface area (Å²) in [6.45, 7) is 0.860. The Morgan fingerprint density at radius 1 is 1.45 bits per heavy atom. The number of alkyl halides is 2. The smallest absolute Gasteiger partial charge is 0.265 e. The van der Waals surface area contributed by atoms with E-state index in [-0.39, 0.29) is 16.3 Å². The number of rotatable bonds is 6. The number of halogens is 2. The molecule has 0 fully saturated rings. The van der Waals surface area contributed by atoms with Crippen molar-refractivity contribution in [2.75, 3.05) is 19.4 Å². The molecule has 0 aliphatic rings. The number of ether oxygens (including phenoxy) is 1. The van der Waals surface area contributed by atoms with Gasteiger partial charge in [0.1, 0.15) is 16.7 Å². The lowest BCUT2D eigenvalue weighted by atomic mass is 10.2. The Balaban J connectivity index is 3.06. The molecule has 0 radical (unpaired) electrons. The summed E-state index contributed by atoms with van der Waals surface area (Å²) in [5.41, 5.74) is 6.47. The van der Waals surface area contributed by atoms with E-state index >= 15 is 0 Å². The van der Waals surface area contributed by atoms with Crippen LogP contribution in [0.4, 0.5) is 14.5 Å². The zero-order chi connectivity index (χ0) is 15.5. The molecule has 0 spiro atoms. The number of hydrogen-bond acceptors (Lipinski definition) is 5. The molecule has 0 bridgehead atoms. The van der Waals surface area contributed by atoms with E-state index < -0.39 is 29.1 Å². The summed E-state index contributed by atoms with van der Waals surface area (Å²) in [6.07, 6.45) is -5.12. The van der Waals surface area contributed by atoms with Crippen LogP contribution in [0, 0.1) is 6.92 Å². The highest BCUT2D eigenvalue weighted by Crippen LogP contribution is 2.28. The number of sulfonamides is 1. The van der Waals surface area contributed by atoms with Gasteiger partial charge in [-0.05, 0) is 24.6 Å². The van der Waals surface area contributed by atoms with E-state index in [1.54, 1.807) is 6.92 Å². The van der Waals surface area contributed by atoms with Crippen LogP contribution in [0.15, 0.2) is 17.0 Å². The lowest BCUT2D eigenvalue weighted by Gasteiger charge is -2.14. The van der Waals surface area contributed by atoms with Gasteiger partial charge in [0.05, 0.1) is 7.11 Å². The lowest BCUT2D eigenvalue weighted by molar-refractivity contribution is -0.000454. The largest absolute Gasteiger partial charge is 0.495 e. The first-order valence-electron chi connectivity index (χ1n) is 5.59. The van der Waals surface area contributed by atoms with Crippen molar-refractivity contribution in [2.45, 2.75) is 24.3 Å². The minimum absolute atomic E-state index is 0.0377. The maximum absolute atomic E-state index is 12.1. The summed E-state index contributed by atoms with van der Waals surface area (Å²) in [6, 6.07) is 2.60. The number of benzene rings is 1. The third kappa shape index (κ3) is 3.78. The van der Waals surface area contributed by atoms with Crippen LogP contribution < -0.4 is 15.2 Å². The summed E-state index contributed by atoms with van der Waals surface area (Å²) >= 11 is 0. The zero-order valence-corrected chi connectivity index (χ0v) is 11.7. The van der Waals surface area contributed by atoms with Gasteiger partial charge in [-0.15, -0.1) is 0 Å². The van der Waals surface area contributed by atoms with Gasteiger partial charge >= 0.3 is 0 Å². The first kappa shape index (κ1) is 16.6. The molecular weight excluding hydrogens is 294 g/mol. The molecule has 0 aliphatic carbocycles. The predicted molar refractivity (Wildman–Crippen MR) is 69.3 cm³/mol. The molecule has 1 rings (SSSR count). The number of methoxy groups -OCH3 is 1. The van der Waals surface area contributed by atoms with Crippen LogP contribution in [0.1, 0.15) is 5.56 Å². The van der Waals surface area contributed by atoms with E-state index in [2.05, 4.69) is 0 Å². The van der Waals surface area contributed by atoms with Crippen molar-refractivity contribution in [3.63, 3.8) is 0 Å². The number of hydrogen-bond donors (Lipinski definition) is 3. The topological polar surface area (TPSA) is 102 Å². The second-order valence-corrected chi connectivity index (χ2v) is 5.85. The minimum Gasteiger partial charge on any atom is -0.495 e. The first-order valence-corrected chi connectivity index (χ1v) is 7.07. The van der Waals surface area contributed by atoms with Gasteiger partial charge in [0.25, 0.3) is 6.43 Å². The molecule has 6 nitrogen and oxygen atoms in total. The quantitative estimate of drug-likeness (QED) is 0.664. The minimum atomic E-state index is -4.12. The molecule has 0 amide bonds. The molecule has 0 aliphatic heterocycles. The van der Waals surface area contributed by atoms with Gasteiger partial charge < -0.3 is 15.6 Å². The van der Waals surface area contributed by atoms with Crippen LogP contribution in [0.25, 0.3) is 0 Å². The number of aliphatic hydroxyl groups is 1. The van der Waals surface area contributed by atoms with Crippen LogP contribution in [-0.2, 0) is 10.0 Å². The highest BCUT2D eigenvalue weighted by atomic mass is 32.2. The maximum Gasteiger partial charge on any atom is 0.265 e. The summed E-state index contributed by atoms with van der Waals surface area (Å²) < 4.78 is 55.1. The zero-order valence-electron chi connectivity index (χ0n) is 10.9. The number of anilines is 1. The third-order valence-electron chi connectivity index (χ3n) is 2.62. The van der Waals surface area contributed by atoms with Crippen molar-refractivity contribution in [1.82, 2.24) is 4.72 Å². The van der Waals surface area contributed by atoms with Crippen LogP contribution >= 0.6 is 0 Å². The molecule has 20 heavy (non-hydrogen) atoms. The van der Waals surface area contributed by atoms with Crippen molar-refractivity contribution in [1.29, 1.82) is 0 Å². The molecule has 0 saturated carbocycles. The van der Waals surface area contributed by atoms with Crippen molar-refractivity contribution in [2.24, 2.45) is 0 Å². The fourth-order valence-electron chi connectivity index (χ4n) is 1.41. The molecule has 114 valence electrons. The fourth-order valence-corrected chi connectivity index (χ4v) is 2.64. The van der Waals surface area contributed by atoms with Crippen LogP contribution in [-0.4, -0.2) is 39.7 Å². The maximum atomic E-state index is 12.1. The molecule has 0 saturated heterocycles. The molecule has 1 atom stereocenters. The van der Waals surface area contributed by atoms with E-state index in [0.29, 0.717) is 5.56 Å². The number of aliphatic hydroxyl groups excluding tert-OH is 1. The summed E-state index contributed by atoms with van der Waals surface area (Å²) in [5, 5.41) is 8.93. The molecule has 4 N–H and O–H groups in total. The van der Waals surface area contributed by atoms with Gasteiger partial charge in [0.2, 0.25) is 10.0 Å². The van der Waals surface area contributed by atoms with Gasteiger partial charge in [-0.25, -0.2) is 21.9 Å². The van der Waals surface area contributed by atoms with Crippen molar-refractivity contribution in [3.8, 4) is 5.75 Å². The fraction of sp³-hybridized carbons (Fsp3) is 0.455. The molecule has 1 aromatic rings. The van der Waals surface area contributed by atoms with Crippen LogP contribution in [0.5, 0.6) is 5.75 Å². The highest BCUT2D eigenvalue weighted by molar-refractivity contribution is 7.89. The SMILES string of the molecule is COc1cc(C)c(N)cc1S(=O)(=O)NCC(O)C(F)F. The number of aryl methyl sites for hydroxylation is 1. The van der Waals surface area contributed by atoms with Gasteiger partial charge in [0.15, 0.2) is 0 Å². The Morgan fingerprint density at radius 2 is 2.05 bits per heavy atom. The summed E-state index contributed by atoms with van der Waals surface area (Å²) in [5.74, 6) is 0.0377. The Kier molecular flexibility index (Phi) is 5.26. The van der Waals surface area contributed by atoms with E-state index in [4.69, 9.17) is 15.6 Å². The Hall–Kier alpha value is -1.45. The third-order valence-corrected chi connectivity index (χ3v) is 4.06. The van der Waals surface area contributed by atoms with Crippen molar-refractivity contribution >= 4 is 15.7 Å². The molecule has 0 heterocycles. The van der Waals surface area contributed by atoms with Gasteiger partial charge in [0, 0.05) is 12.2 Å². The van der Waals surface area contributed by atoms with Crippen molar-refractivity contribution < 1.29 is 27.0 Å². The average molecular weight is 310 g/mol. The number of nitrogen functional groups attached to an aromatic ring is 1. The predicted octanol–water partition coefficient (Wildman–Crippen LogP) is 0.490. The Morgan fingerprint density at radius 3 is 2.55 bits per heavy atom. The monoisotopic (exact) mass is 310 g/mol. The molecule has 0 aromatic heterocycles. The summed E-state index contributed by atoms with van der Waals surface area (Å²) in [4.78, 5) is -0.274. The number of nitrogens with one attached hydrogen (secondary N) is 1. The van der Waals surface area contributed by atoms with Gasteiger partial charge in [-0.2, -0.15) is 0 Å². The molecule has 9 heteroatoms. The highest BCUT2D eigenvalue weighted by Gasteiger charge is 2.24. The first-order chi connectivity index (χ1) is 9.19. The standard InChI is InChI=1S/C11H16F2N2O4S/c1-6-3-9(19-2)10(4-7(6)14)20(17,18)15-5-8(16)11(12)13/h3-4,8,11,15-16H,5,14H2,1-2H3. The van der Waals surface area contributed by atoms with E-state index in [0.717, 1.165) is 0 Å².